The fraction of sp³-hybridized carbons (Fsp3) is 0. The van der Waals surface area contributed by atoms with E-state index in [1.54, 1.807) is 24.7 Å². The van der Waals surface area contributed by atoms with E-state index in [0.717, 1.165) is 16.7 Å². The summed E-state index contributed by atoms with van der Waals surface area (Å²) in [7, 11) is 0. The number of primary amides is 1. The molecule has 1 aromatic heterocycles. The Morgan fingerprint density at radius 3 is 3.13 bits per heavy atom. The van der Waals surface area contributed by atoms with Crippen molar-refractivity contribution >= 4 is 28.8 Å². The van der Waals surface area contributed by atoms with Crippen molar-refractivity contribution in [3.8, 4) is 0 Å². The average Bonchev–Trinajstić information content (AvgIpc) is 2.64. The molecule has 0 fully saturated rings. The Morgan fingerprint density at radius 2 is 2.33 bits per heavy atom. The Bertz CT molecular complexity index is 597. The maximum absolute atomic E-state index is 11.1. The topological polar surface area (TPSA) is 72.9 Å². The minimum Gasteiger partial charge on any atom is -0.366 e. The van der Waals surface area contributed by atoms with E-state index in [4.69, 9.17) is 5.73 Å². The monoisotopic (exact) mass is 200 g/mol. The predicted octanol–water partition coefficient (Wildman–Crippen LogP) is 0.989. The smallest absolute Gasteiger partial charge is 0.248 e. The van der Waals surface area contributed by atoms with Crippen LogP contribution in [0.1, 0.15) is 10.4 Å². The zero-order chi connectivity index (χ0) is 10.4. The predicted molar refractivity (Wildman–Crippen MR) is 57.2 cm³/mol. The Morgan fingerprint density at radius 1 is 1.47 bits per heavy atom. The van der Waals surface area contributed by atoms with Gasteiger partial charge in [-0.3, -0.25) is 4.79 Å². The molecule has 0 radical (unpaired) electrons. The highest BCUT2D eigenvalue weighted by Gasteiger charge is 2.13. The van der Waals surface area contributed by atoms with Gasteiger partial charge in [0.05, 0.1) is 16.7 Å². The molecule has 0 aliphatic carbocycles. The molecule has 0 spiro atoms. The molecule has 5 nitrogen and oxygen atoms in total. The zero-order valence-corrected chi connectivity index (χ0v) is 7.77. The molecule has 0 saturated heterocycles. The lowest BCUT2D eigenvalue weighted by atomic mass is 10.1. The molecule has 15 heavy (non-hydrogen) atoms. The summed E-state index contributed by atoms with van der Waals surface area (Å²) in [5.74, 6) is -0.445. The van der Waals surface area contributed by atoms with E-state index in [-0.39, 0.29) is 0 Å². The third-order valence-corrected chi connectivity index (χ3v) is 2.43. The molecule has 2 aromatic rings. The van der Waals surface area contributed by atoms with E-state index in [0.29, 0.717) is 5.56 Å². The minimum atomic E-state index is -0.445. The summed E-state index contributed by atoms with van der Waals surface area (Å²) in [6.07, 6.45) is 5.36. The fourth-order valence-corrected chi connectivity index (χ4v) is 1.74. The van der Waals surface area contributed by atoms with Crippen LogP contribution >= 0.6 is 0 Å². The van der Waals surface area contributed by atoms with Gasteiger partial charge in [0.2, 0.25) is 5.91 Å². The first-order valence-electron chi connectivity index (χ1n) is 4.49. The SMILES string of the molecule is NC(=O)c1cc2c3c(c1)ncn3C=CN2. The standard InChI is InChI=1S/C10H8N4O/c11-10(15)6-3-7-9-8(4-6)13-5-14(9)2-1-12-7/h1-5,12H,(H2,11,15). The lowest BCUT2D eigenvalue weighted by Crippen LogP contribution is -2.11. The first kappa shape index (κ1) is 8.05. The van der Waals surface area contributed by atoms with E-state index >= 15 is 0 Å². The van der Waals surface area contributed by atoms with E-state index in [1.165, 1.54) is 0 Å². The van der Waals surface area contributed by atoms with Crippen molar-refractivity contribution in [3.05, 3.63) is 30.2 Å². The van der Waals surface area contributed by atoms with Crippen molar-refractivity contribution in [2.45, 2.75) is 0 Å². The second-order valence-electron chi connectivity index (χ2n) is 3.37. The lowest BCUT2D eigenvalue weighted by molar-refractivity contribution is 0.100. The number of carbonyl (C=O) groups excluding carboxylic acids is 1. The molecule has 0 unspecified atom stereocenters. The summed E-state index contributed by atoms with van der Waals surface area (Å²) in [6, 6.07) is 3.42. The van der Waals surface area contributed by atoms with Crippen molar-refractivity contribution in [2.75, 3.05) is 5.32 Å². The van der Waals surface area contributed by atoms with Crippen LogP contribution in [0.4, 0.5) is 5.69 Å². The van der Waals surface area contributed by atoms with Crippen LogP contribution in [0, 0.1) is 0 Å². The Hall–Kier alpha value is -2.30. The van der Waals surface area contributed by atoms with Gasteiger partial charge in [0, 0.05) is 18.0 Å². The first-order chi connectivity index (χ1) is 7.25. The molecular weight excluding hydrogens is 192 g/mol. The van der Waals surface area contributed by atoms with E-state index in [1.807, 2.05) is 10.8 Å². The number of rotatable bonds is 1. The third-order valence-electron chi connectivity index (χ3n) is 2.43. The molecular formula is C10H8N4O. The van der Waals surface area contributed by atoms with Crippen LogP contribution in [-0.2, 0) is 0 Å². The van der Waals surface area contributed by atoms with Crippen LogP contribution in [-0.4, -0.2) is 15.5 Å². The van der Waals surface area contributed by atoms with Gasteiger partial charge in [0.1, 0.15) is 6.33 Å². The quantitative estimate of drug-likeness (QED) is 0.720. The van der Waals surface area contributed by atoms with Crippen LogP contribution in [0.2, 0.25) is 0 Å². The molecule has 5 heteroatoms. The number of nitrogens with zero attached hydrogens (tertiary/aromatic N) is 2. The normalized spacial score (nSPS) is 12.8. The van der Waals surface area contributed by atoms with Gasteiger partial charge < -0.3 is 15.6 Å². The van der Waals surface area contributed by atoms with Gasteiger partial charge in [0.15, 0.2) is 0 Å². The maximum atomic E-state index is 11.1. The summed E-state index contributed by atoms with van der Waals surface area (Å²) < 4.78 is 1.89. The molecule has 74 valence electrons. The van der Waals surface area contributed by atoms with Crippen LogP contribution in [0.25, 0.3) is 17.2 Å². The number of hydrogen-bond acceptors (Lipinski definition) is 3. The summed E-state index contributed by atoms with van der Waals surface area (Å²) in [6.45, 7) is 0. The lowest BCUT2D eigenvalue weighted by Gasteiger charge is -2.11. The average molecular weight is 200 g/mol. The van der Waals surface area contributed by atoms with Crippen molar-refractivity contribution < 1.29 is 4.79 Å². The first-order valence-corrected chi connectivity index (χ1v) is 4.49. The summed E-state index contributed by atoms with van der Waals surface area (Å²) in [4.78, 5) is 15.3. The number of anilines is 1. The fourth-order valence-electron chi connectivity index (χ4n) is 1.74. The molecule has 0 bridgehead atoms. The highest BCUT2D eigenvalue weighted by molar-refractivity contribution is 6.01. The number of hydrogen-bond donors (Lipinski definition) is 2. The van der Waals surface area contributed by atoms with Gasteiger partial charge in [0.25, 0.3) is 0 Å². The van der Waals surface area contributed by atoms with Crippen molar-refractivity contribution in [1.82, 2.24) is 9.55 Å². The number of amides is 1. The number of nitrogens with two attached hydrogens (primary N) is 1. The molecule has 3 N–H and O–H groups in total. The maximum Gasteiger partial charge on any atom is 0.248 e. The highest BCUT2D eigenvalue weighted by atomic mass is 16.1. The largest absolute Gasteiger partial charge is 0.366 e. The van der Waals surface area contributed by atoms with Gasteiger partial charge in [-0.05, 0) is 12.1 Å². The van der Waals surface area contributed by atoms with E-state index < -0.39 is 5.91 Å². The molecule has 1 aliphatic rings. The van der Waals surface area contributed by atoms with Crippen LogP contribution in [0.3, 0.4) is 0 Å². The zero-order valence-electron chi connectivity index (χ0n) is 7.77. The Balaban J connectivity index is 2.39. The number of nitrogens with one attached hydrogen (secondary N) is 1. The highest BCUT2D eigenvalue weighted by Crippen LogP contribution is 2.27. The molecule has 1 aromatic carbocycles. The van der Waals surface area contributed by atoms with E-state index in [9.17, 15) is 4.79 Å². The summed E-state index contributed by atoms with van der Waals surface area (Å²) in [5, 5.41) is 3.06. The third kappa shape index (κ3) is 1.03. The van der Waals surface area contributed by atoms with Crippen LogP contribution in [0.15, 0.2) is 24.7 Å². The van der Waals surface area contributed by atoms with Gasteiger partial charge in [-0.1, -0.05) is 0 Å². The Kier molecular flexibility index (Phi) is 1.39. The van der Waals surface area contributed by atoms with Gasteiger partial charge >= 0.3 is 0 Å². The van der Waals surface area contributed by atoms with Gasteiger partial charge in [-0.25, -0.2) is 4.98 Å². The van der Waals surface area contributed by atoms with Crippen molar-refractivity contribution in [2.24, 2.45) is 5.73 Å². The molecule has 0 atom stereocenters. The Labute approximate surface area is 85.2 Å². The number of imidazole rings is 1. The van der Waals surface area contributed by atoms with Crippen molar-refractivity contribution in [1.29, 1.82) is 0 Å². The molecule has 2 heterocycles. The molecule has 0 saturated carbocycles. The second-order valence-corrected chi connectivity index (χ2v) is 3.37. The van der Waals surface area contributed by atoms with Crippen molar-refractivity contribution in [3.63, 3.8) is 0 Å². The number of carbonyl (C=O) groups is 1. The molecule has 1 aliphatic heterocycles. The molecule has 1 amide bonds. The number of aromatic nitrogens is 2. The summed E-state index contributed by atoms with van der Waals surface area (Å²) >= 11 is 0. The van der Waals surface area contributed by atoms with E-state index in [2.05, 4.69) is 10.3 Å². The van der Waals surface area contributed by atoms with Crippen LogP contribution < -0.4 is 11.1 Å². The summed E-state index contributed by atoms with van der Waals surface area (Å²) in [5.41, 5.74) is 8.27. The molecule has 3 rings (SSSR count). The van der Waals surface area contributed by atoms with Gasteiger partial charge in [-0.15, -0.1) is 0 Å². The van der Waals surface area contributed by atoms with Gasteiger partial charge in [-0.2, -0.15) is 0 Å². The number of benzene rings is 1. The minimum absolute atomic E-state index is 0.445. The van der Waals surface area contributed by atoms with Crippen LogP contribution in [0.5, 0.6) is 0 Å². The second kappa shape index (κ2) is 2.60.